The Morgan fingerprint density at radius 2 is 2.04 bits per heavy atom. The van der Waals surface area contributed by atoms with Crippen molar-refractivity contribution < 1.29 is 18.0 Å². The number of thiocarbonyl (C=S) groups is 1. The summed E-state index contributed by atoms with van der Waals surface area (Å²) in [5.41, 5.74) is 1.35. The molecule has 0 saturated carbocycles. The van der Waals surface area contributed by atoms with E-state index in [1.54, 1.807) is 18.2 Å². The lowest BCUT2D eigenvalue weighted by Gasteiger charge is -2.04. The smallest absolute Gasteiger partial charge is 0.307 e. The predicted molar refractivity (Wildman–Crippen MR) is 105 cm³/mol. The molecule has 2 aromatic heterocycles. The van der Waals surface area contributed by atoms with Crippen LogP contribution in [0.15, 0.2) is 33.6 Å². The van der Waals surface area contributed by atoms with E-state index in [1.165, 1.54) is 6.08 Å². The molecule has 0 spiro atoms. The molecule has 3 aromatic rings. The number of alkyl halides is 3. The molecule has 0 radical (unpaired) electrons. The first-order chi connectivity index (χ1) is 12.7. The van der Waals surface area contributed by atoms with Crippen LogP contribution in [0.4, 0.5) is 13.2 Å². The van der Waals surface area contributed by atoms with Gasteiger partial charge < -0.3 is 5.32 Å². The number of fused-ring (bicyclic) bond motifs is 1. The minimum atomic E-state index is -4.58. The molecule has 0 unspecified atom stereocenters. The molecule has 3 heterocycles. The first kappa shape index (κ1) is 18.6. The number of halogens is 4. The molecular formula is C15H6BrF3N4OS3. The first-order valence-corrected chi connectivity index (χ1v) is 10.0. The van der Waals surface area contributed by atoms with Crippen LogP contribution < -0.4 is 5.32 Å². The molecule has 1 fully saturated rings. The second-order valence-electron chi connectivity index (χ2n) is 5.28. The molecule has 1 aromatic carbocycles. The van der Waals surface area contributed by atoms with Crippen LogP contribution >= 0.6 is 51.2 Å². The highest BCUT2D eigenvalue weighted by Crippen LogP contribution is 2.38. The molecule has 1 amide bonds. The van der Waals surface area contributed by atoms with E-state index in [0.29, 0.717) is 27.1 Å². The molecule has 0 aliphatic carbocycles. The summed E-state index contributed by atoms with van der Waals surface area (Å²) in [5, 5.41) is 5.13. The summed E-state index contributed by atoms with van der Waals surface area (Å²) in [7, 11) is 0. The lowest BCUT2D eigenvalue weighted by Crippen LogP contribution is -2.17. The van der Waals surface area contributed by atoms with Crippen LogP contribution in [0.3, 0.4) is 0 Å². The zero-order valence-corrected chi connectivity index (χ0v) is 16.9. The predicted octanol–water partition coefficient (Wildman–Crippen LogP) is 4.73. The van der Waals surface area contributed by atoms with Gasteiger partial charge in [0, 0.05) is 10.0 Å². The van der Waals surface area contributed by atoms with Crippen molar-refractivity contribution in [3.63, 3.8) is 0 Å². The molecule has 0 bridgehead atoms. The number of benzene rings is 1. The first-order valence-electron chi connectivity index (χ1n) is 7.20. The van der Waals surface area contributed by atoms with E-state index in [-0.39, 0.29) is 19.9 Å². The summed E-state index contributed by atoms with van der Waals surface area (Å²) in [5.74, 6) is -0.413. The number of amides is 1. The molecule has 1 saturated heterocycles. The van der Waals surface area contributed by atoms with Crippen LogP contribution in [0.1, 0.15) is 10.7 Å². The largest absolute Gasteiger partial charge is 0.445 e. The Bertz CT molecular complexity index is 1140. The van der Waals surface area contributed by atoms with Crippen LogP contribution in [0.2, 0.25) is 0 Å². The number of hydrogen-bond acceptors (Lipinski definition) is 6. The van der Waals surface area contributed by atoms with Gasteiger partial charge in [-0.1, -0.05) is 69.4 Å². The average molecular weight is 491 g/mol. The number of nitrogens with one attached hydrogen (secondary N) is 1. The standard InChI is InChI=1S/C15H6BrF3N4OS3/c16-7-4-2-1-3-6(7)10-8(5-9-11(24)21-14(25)26-9)23-13(20-10)27-12(22-23)15(17,18)19/h1-5H,(H,21,24,25)/b9-5-. The quantitative estimate of drug-likeness (QED) is 0.415. The van der Waals surface area contributed by atoms with Gasteiger partial charge in [0.1, 0.15) is 10.0 Å². The zero-order chi connectivity index (χ0) is 19.3. The Hall–Kier alpha value is -1.76. The third-order valence-corrected chi connectivity index (χ3v) is 6.33. The van der Waals surface area contributed by atoms with Gasteiger partial charge in [-0.2, -0.15) is 13.2 Å². The Morgan fingerprint density at radius 1 is 1.30 bits per heavy atom. The molecule has 1 aliphatic rings. The number of carbonyl (C=O) groups excluding carboxylic acids is 1. The highest BCUT2D eigenvalue weighted by Gasteiger charge is 2.37. The molecule has 0 atom stereocenters. The van der Waals surface area contributed by atoms with Crippen molar-refractivity contribution in [1.29, 1.82) is 0 Å². The number of thioether (sulfide) groups is 1. The lowest BCUT2D eigenvalue weighted by molar-refractivity contribution is -0.138. The van der Waals surface area contributed by atoms with E-state index in [4.69, 9.17) is 12.2 Å². The number of imidazole rings is 1. The van der Waals surface area contributed by atoms with Gasteiger partial charge in [0.2, 0.25) is 9.97 Å². The summed E-state index contributed by atoms with van der Waals surface area (Å²) >= 11 is 9.85. The highest BCUT2D eigenvalue weighted by molar-refractivity contribution is 9.10. The highest BCUT2D eigenvalue weighted by atomic mass is 79.9. The molecule has 5 nitrogen and oxygen atoms in total. The van der Waals surface area contributed by atoms with E-state index in [9.17, 15) is 18.0 Å². The van der Waals surface area contributed by atoms with Crippen LogP contribution in [0, 0.1) is 0 Å². The van der Waals surface area contributed by atoms with Crippen LogP contribution in [-0.4, -0.2) is 24.8 Å². The molecule has 4 rings (SSSR count). The van der Waals surface area contributed by atoms with Crippen LogP contribution in [-0.2, 0) is 11.0 Å². The van der Waals surface area contributed by atoms with Gasteiger partial charge in [0.05, 0.1) is 10.6 Å². The maximum absolute atomic E-state index is 13.0. The Balaban J connectivity index is 1.97. The molecule has 138 valence electrons. The fraction of sp³-hybridized carbons (Fsp3) is 0.0667. The van der Waals surface area contributed by atoms with Gasteiger partial charge in [0.15, 0.2) is 0 Å². The van der Waals surface area contributed by atoms with Gasteiger partial charge in [0.25, 0.3) is 5.91 Å². The molecule has 1 N–H and O–H groups in total. The average Bonchev–Trinajstić information content (AvgIpc) is 3.22. The van der Waals surface area contributed by atoms with Crippen molar-refractivity contribution in [1.82, 2.24) is 19.9 Å². The maximum Gasteiger partial charge on any atom is 0.445 e. The van der Waals surface area contributed by atoms with E-state index in [2.05, 4.69) is 31.3 Å². The van der Waals surface area contributed by atoms with Gasteiger partial charge in [-0.15, -0.1) is 5.10 Å². The second-order valence-corrected chi connectivity index (χ2v) is 8.81. The van der Waals surface area contributed by atoms with E-state index < -0.39 is 17.1 Å². The third kappa shape index (κ3) is 3.42. The minimum Gasteiger partial charge on any atom is -0.307 e. The number of nitrogens with zero attached hydrogens (tertiary/aromatic N) is 3. The van der Waals surface area contributed by atoms with Gasteiger partial charge >= 0.3 is 6.18 Å². The van der Waals surface area contributed by atoms with E-state index >= 15 is 0 Å². The molecule has 1 aliphatic heterocycles. The molecule has 12 heteroatoms. The number of rotatable bonds is 2. The van der Waals surface area contributed by atoms with Crippen molar-refractivity contribution in [2.45, 2.75) is 6.18 Å². The number of hydrogen-bond donors (Lipinski definition) is 1. The second kappa shape index (κ2) is 6.69. The lowest BCUT2D eigenvalue weighted by atomic mass is 10.1. The fourth-order valence-corrected chi connectivity index (χ4v) is 4.67. The number of aromatic nitrogens is 3. The Kier molecular flexibility index (Phi) is 4.61. The topological polar surface area (TPSA) is 59.3 Å². The van der Waals surface area contributed by atoms with Gasteiger partial charge in [-0.05, 0) is 12.1 Å². The monoisotopic (exact) mass is 490 g/mol. The van der Waals surface area contributed by atoms with Crippen molar-refractivity contribution >= 4 is 72.5 Å². The fourth-order valence-electron chi connectivity index (χ4n) is 2.40. The van der Waals surface area contributed by atoms with Crippen molar-refractivity contribution in [2.24, 2.45) is 0 Å². The van der Waals surface area contributed by atoms with E-state index in [0.717, 1.165) is 16.3 Å². The van der Waals surface area contributed by atoms with Crippen LogP contribution in [0.25, 0.3) is 22.3 Å². The number of carbonyl (C=O) groups is 1. The zero-order valence-electron chi connectivity index (χ0n) is 12.9. The van der Waals surface area contributed by atoms with Crippen molar-refractivity contribution in [2.75, 3.05) is 0 Å². The Labute approximate surface area is 171 Å². The Morgan fingerprint density at radius 3 is 2.67 bits per heavy atom. The van der Waals surface area contributed by atoms with Crippen LogP contribution in [0.5, 0.6) is 0 Å². The SMILES string of the molecule is O=C1NC(=S)S/C1=C\c1c(-c2ccccc2Br)nc2sc(C(F)(F)F)nn12. The van der Waals surface area contributed by atoms with Gasteiger partial charge in [-0.25, -0.2) is 9.50 Å². The summed E-state index contributed by atoms with van der Waals surface area (Å²) in [6.45, 7) is 0. The summed E-state index contributed by atoms with van der Waals surface area (Å²) in [4.78, 5) is 16.7. The minimum absolute atomic E-state index is 0.0749. The summed E-state index contributed by atoms with van der Waals surface area (Å²) in [6.07, 6.45) is -3.13. The normalized spacial score (nSPS) is 16.5. The third-order valence-electron chi connectivity index (χ3n) is 3.52. The molecule has 27 heavy (non-hydrogen) atoms. The van der Waals surface area contributed by atoms with Gasteiger partial charge in [-0.3, -0.25) is 4.79 Å². The summed E-state index contributed by atoms with van der Waals surface area (Å²) < 4.78 is 41.2. The van der Waals surface area contributed by atoms with E-state index in [1.807, 2.05) is 6.07 Å². The van der Waals surface area contributed by atoms with Crippen molar-refractivity contribution in [3.8, 4) is 11.3 Å². The maximum atomic E-state index is 13.0. The summed E-state index contributed by atoms with van der Waals surface area (Å²) in [6, 6.07) is 7.16. The van der Waals surface area contributed by atoms with Crippen molar-refractivity contribution in [3.05, 3.63) is 44.3 Å². The molecular weight excluding hydrogens is 485 g/mol.